The van der Waals surface area contributed by atoms with E-state index >= 15 is 0 Å². The van der Waals surface area contributed by atoms with E-state index in [0.29, 0.717) is 12.0 Å². The Morgan fingerprint density at radius 3 is 2.38 bits per heavy atom. The molecule has 1 amide bonds. The lowest BCUT2D eigenvalue weighted by Crippen LogP contribution is -2.15. The van der Waals surface area contributed by atoms with Crippen LogP contribution in [0.4, 0.5) is 5.69 Å². The van der Waals surface area contributed by atoms with Crippen molar-refractivity contribution in [1.82, 2.24) is 0 Å². The summed E-state index contributed by atoms with van der Waals surface area (Å²) in [6.45, 7) is 0. The van der Waals surface area contributed by atoms with Crippen LogP contribution >= 0.6 is 22.6 Å². The number of benzene rings is 2. The van der Waals surface area contributed by atoms with Crippen molar-refractivity contribution in [3.8, 4) is 0 Å². The molecule has 0 atom stereocenters. The van der Waals surface area contributed by atoms with Crippen LogP contribution in [0.5, 0.6) is 0 Å². The molecule has 2 aromatic rings. The minimum atomic E-state index is -1.09. The van der Waals surface area contributed by atoms with E-state index in [1.54, 1.807) is 36.4 Å². The van der Waals surface area contributed by atoms with Gasteiger partial charge < -0.3 is 10.4 Å². The van der Waals surface area contributed by atoms with Gasteiger partial charge in [0.1, 0.15) is 0 Å². The second-order valence-corrected chi connectivity index (χ2v) is 6.43. The largest absolute Gasteiger partial charge is 0.478 e. The molecule has 6 heteroatoms. The van der Waals surface area contributed by atoms with Crippen LogP contribution in [0.15, 0.2) is 48.5 Å². The zero-order chi connectivity index (χ0) is 17.5. The molecule has 0 aliphatic carbocycles. The highest BCUT2D eigenvalue weighted by molar-refractivity contribution is 14.1. The summed E-state index contributed by atoms with van der Waals surface area (Å²) in [4.78, 5) is 35.1. The van der Waals surface area contributed by atoms with E-state index in [4.69, 9.17) is 0 Å². The van der Waals surface area contributed by atoms with Gasteiger partial charge in [0.2, 0.25) is 5.91 Å². The molecule has 0 radical (unpaired) electrons. The van der Waals surface area contributed by atoms with Gasteiger partial charge in [-0.3, -0.25) is 9.59 Å². The summed E-state index contributed by atoms with van der Waals surface area (Å²) in [5.41, 5.74) is 0.946. The van der Waals surface area contributed by atoms with Crippen molar-refractivity contribution in [1.29, 1.82) is 0 Å². The number of nitrogens with one attached hydrogen (secondary N) is 1. The maximum absolute atomic E-state index is 12.0. The van der Waals surface area contributed by atoms with Crippen LogP contribution in [0, 0.1) is 3.57 Å². The molecule has 0 fully saturated rings. The molecule has 0 bridgehead atoms. The predicted octanol–water partition coefficient (Wildman–Crippen LogP) is 3.98. The van der Waals surface area contributed by atoms with Gasteiger partial charge in [0.05, 0.1) is 11.3 Å². The maximum atomic E-state index is 12.0. The summed E-state index contributed by atoms with van der Waals surface area (Å²) >= 11 is 2.01. The molecule has 2 rings (SSSR count). The molecule has 5 nitrogen and oxygen atoms in total. The van der Waals surface area contributed by atoms with Gasteiger partial charge >= 0.3 is 5.97 Å². The highest BCUT2D eigenvalue weighted by Crippen LogP contribution is 2.19. The quantitative estimate of drug-likeness (QED) is 0.507. The van der Waals surface area contributed by atoms with Crippen LogP contribution < -0.4 is 5.32 Å². The Morgan fingerprint density at radius 2 is 1.71 bits per heavy atom. The van der Waals surface area contributed by atoms with Gasteiger partial charge in [0.25, 0.3) is 0 Å². The van der Waals surface area contributed by atoms with Crippen molar-refractivity contribution < 1.29 is 19.5 Å². The topological polar surface area (TPSA) is 83.5 Å². The Hall–Kier alpha value is -2.22. The summed E-state index contributed by atoms with van der Waals surface area (Å²) in [6, 6.07) is 13.7. The Balaban J connectivity index is 1.88. The fraction of sp³-hybridized carbons (Fsp3) is 0.167. The zero-order valence-electron chi connectivity index (χ0n) is 12.8. The number of hydrogen-bond acceptors (Lipinski definition) is 3. The summed E-state index contributed by atoms with van der Waals surface area (Å²) in [7, 11) is 0. The number of carboxylic acids is 1. The third-order valence-corrected chi connectivity index (χ3v) is 4.06. The van der Waals surface area contributed by atoms with Crippen LogP contribution in [0.25, 0.3) is 0 Å². The molecule has 0 aliphatic rings. The highest BCUT2D eigenvalue weighted by atomic mass is 127. The van der Waals surface area contributed by atoms with Gasteiger partial charge in [-0.2, -0.15) is 0 Å². The number of halogens is 1. The minimum Gasteiger partial charge on any atom is -0.478 e. The Morgan fingerprint density at radius 1 is 1.00 bits per heavy atom. The van der Waals surface area contributed by atoms with Gasteiger partial charge in [0, 0.05) is 22.0 Å². The van der Waals surface area contributed by atoms with E-state index in [1.807, 2.05) is 28.7 Å². The average Bonchev–Trinajstić information content (AvgIpc) is 2.57. The lowest BCUT2D eigenvalue weighted by Gasteiger charge is -2.09. The fourth-order valence-electron chi connectivity index (χ4n) is 2.19. The van der Waals surface area contributed by atoms with Crippen molar-refractivity contribution in [2.45, 2.75) is 19.3 Å². The van der Waals surface area contributed by atoms with Gasteiger partial charge in [-0.15, -0.1) is 0 Å². The number of carboxylic acid groups (broad SMARTS) is 1. The van der Waals surface area contributed by atoms with Crippen molar-refractivity contribution in [2.24, 2.45) is 0 Å². The summed E-state index contributed by atoms with van der Waals surface area (Å²) in [5, 5.41) is 11.8. The molecule has 0 aliphatic heterocycles. The number of aromatic carboxylic acids is 1. The van der Waals surface area contributed by atoms with E-state index in [2.05, 4.69) is 5.32 Å². The van der Waals surface area contributed by atoms with E-state index < -0.39 is 5.97 Å². The molecule has 124 valence electrons. The second-order valence-electron chi connectivity index (χ2n) is 5.19. The molecule has 0 heterocycles. The molecule has 0 unspecified atom stereocenters. The SMILES string of the molecule is O=C(CCCC(=O)c1ccccc1)Nc1ccc(I)cc1C(=O)O. The standard InChI is InChI=1S/C18H16INO4/c19-13-9-10-15(14(11-13)18(23)24)20-17(22)8-4-7-16(21)12-5-2-1-3-6-12/h1-3,5-6,9-11H,4,7-8H2,(H,20,22)(H,23,24). The van der Waals surface area contributed by atoms with Gasteiger partial charge in [-0.1, -0.05) is 30.3 Å². The van der Waals surface area contributed by atoms with Gasteiger partial charge in [-0.25, -0.2) is 4.79 Å². The fourth-order valence-corrected chi connectivity index (χ4v) is 2.68. The summed E-state index contributed by atoms with van der Waals surface area (Å²) in [6.07, 6.45) is 0.839. The number of rotatable bonds is 7. The molecule has 24 heavy (non-hydrogen) atoms. The Bertz CT molecular complexity index is 759. The molecule has 2 aromatic carbocycles. The van der Waals surface area contributed by atoms with E-state index in [-0.39, 0.29) is 35.8 Å². The Labute approximate surface area is 153 Å². The van der Waals surface area contributed by atoms with Crippen LogP contribution in [-0.4, -0.2) is 22.8 Å². The molecular formula is C18H16INO4. The summed E-state index contributed by atoms with van der Waals surface area (Å²) < 4.78 is 0.774. The molecular weight excluding hydrogens is 421 g/mol. The van der Waals surface area contributed by atoms with E-state index in [9.17, 15) is 19.5 Å². The van der Waals surface area contributed by atoms with Crippen molar-refractivity contribution in [3.63, 3.8) is 0 Å². The lowest BCUT2D eigenvalue weighted by atomic mass is 10.1. The predicted molar refractivity (Wildman–Crippen MR) is 99.4 cm³/mol. The van der Waals surface area contributed by atoms with Crippen LogP contribution in [0.2, 0.25) is 0 Å². The first-order valence-electron chi connectivity index (χ1n) is 7.38. The molecule has 0 spiro atoms. The number of hydrogen-bond donors (Lipinski definition) is 2. The first-order valence-corrected chi connectivity index (χ1v) is 8.46. The van der Waals surface area contributed by atoms with Crippen LogP contribution in [-0.2, 0) is 4.79 Å². The number of carbonyl (C=O) groups is 3. The number of Topliss-reactive ketones (excluding diaryl/α,β-unsaturated/α-hetero) is 1. The molecule has 0 saturated carbocycles. The monoisotopic (exact) mass is 437 g/mol. The van der Waals surface area contributed by atoms with Gasteiger partial charge in [0.15, 0.2) is 5.78 Å². The maximum Gasteiger partial charge on any atom is 0.337 e. The average molecular weight is 437 g/mol. The molecule has 0 saturated heterocycles. The molecule has 0 aromatic heterocycles. The van der Waals surface area contributed by atoms with Crippen molar-refractivity contribution in [2.75, 3.05) is 5.32 Å². The molecule has 2 N–H and O–H groups in total. The first-order chi connectivity index (χ1) is 11.5. The lowest BCUT2D eigenvalue weighted by molar-refractivity contribution is -0.116. The number of amides is 1. The van der Waals surface area contributed by atoms with Crippen molar-refractivity contribution in [3.05, 3.63) is 63.2 Å². The third-order valence-electron chi connectivity index (χ3n) is 3.39. The first kappa shape index (κ1) is 18.1. The number of anilines is 1. The van der Waals surface area contributed by atoms with Crippen LogP contribution in [0.1, 0.15) is 40.0 Å². The third kappa shape index (κ3) is 5.16. The smallest absolute Gasteiger partial charge is 0.337 e. The van der Waals surface area contributed by atoms with Gasteiger partial charge in [-0.05, 0) is 47.2 Å². The van der Waals surface area contributed by atoms with Crippen LogP contribution in [0.3, 0.4) is 0 Å². The van der Waals surface area contributed by atoms with Crippen molar-refractivity contribution >= 4 is 45.9 Å². The number of ketones is 1. The Kier molecular flexibility index (Phi) is 6.48. The minimum absolute atomic E-state index is 0.0103. The summed E-state index contributed by atoms with van der Waals surface area (Å²) in [5.74, 6) is -1.41. The van der Waals surface area contributed by atoms with E-state index in [0.717, 1.165) is 3.57 Å². The normalized spacial score (nSPS) is 10.2. The number of carbonyl (C=O) groups excluding carboxylic acids is 2. The zero-order valence-corrected chi connectivity index (χ0v) is 14.9. The second kappa shape index (κ2) is 8.58. The highest BCUT2D eigenvalue weighted by Gasteiger charge is 2.13. The van der Waals surface area contributed by atoms with E-state index in [1.165, 1.54) is 6.07 Å².